The summed E-state index contributed by atoms with van der Waals surface area (Å²) < 4.78 is 0. The van der Waals surface area contributed by atoms with Crippen LogP contribution < -0.4 is 11.1 Å². The molecule has 1 amide bonds. The topological polar surface area (TPSA) is 55.1 Å². The van der Waals surface area contributed by atoms with Crippen molar-refractivity contribution >= 4 is 17.5 Å². The molecule has 0 atom stereocenters. The zero-order valence-corrected chi connectivity index (χ0v) is 7.40. The molecular weight excluding hydrogens is 176 g/mol. The van der Waals surface area contributed by atoms with E-state index in [1.165, 1.54) is 6.08 Å². The van der Waals surface area contributed by atoms with E-state index < -0.39 is 5.91 Å². The molecule has 0 rings (SSSR count). The standard InChI is InChI=1S/C8H11ClN2O/c1-3-7(9)4-6(2)11-5-8(10)12/h3-4,11H,1-2,5H2,(H2,10,12)/b7-4+. The van der Waals surface area contributed by atoms with E-state index in [4.69, 9.17) is 17.3 Å². The lowest BCUT2D eigenvalue weighted by Gasteiger charge is -2.01. The number of carbonyl (C=O) groups is 1. The van der Waals surface area contributed by atoms with Gasteiger partial charge in [-0.25, -0.2) is 0 Å². The number of allylic oxidation sites excluding steroid dienone is 3. The summed E-state index contributed by atoms with van der Waals surface area (Å²) in [5.41, 5.74) is 5.41. The Bertz CT molecular complexity index is 233. The smallest absolute Gasteiger partial charge is 0.236 e. The van der Waals surface area contributed by atoms with Crippen LogP contribution in [0.15, 0.2) is 36.0 Å². The van der Waals surface area contributed by atoms with Gasteiger partial charge in [0.15, 0.2) is 0 Å². The summed E-state index contributed by atoms with van der Waals surface area (Å²) in [6.45, 7) is 7.09. The normalized spacial score (nSPS) is 10.6. The van der Waals surface area contributed by atoms with Crippen LogP contribution in [0.1, 0.15) is 0 Å². The molecule has 0 spiro atoms. The number of hydrogen-bond acceptors (Lipinski definition) is 2. The van der Waals surface area contributed by atoms with Gasteiger partial charge in [0.05, 0.1) is 6.54 Å². The Morgan fingerprint density at radius 2 is 2.25 bits per heavy atom. The number of nitrogens with two attached hydrogens (primary N) is 1. The molecule has 3 N–H and O–H groups in total. The van der Waals surface area contributed by atoms with E-state index in [9.17, 15) is 4.79 Å². The van der Waals surface area contributed by atoms with Gasteiger partial charge >= 0.3 is 0 Å². The van der Waals surface area contributed by atoms with Crippen molar-refractivity contribution in [1.82, 2.24) is 5.32 Å². The van der Waals surface area contributed by atoms with E-state index in [1.54, 1.807) is 6.08 Å². The third kappa shape index (κ3) is 5.56. The molecule has 0 radical (unpaired) electrons. The van der Waals surface area contributed by atoms with Crippen LogP contribution in [-0.2, 0) is 4.79 Å². The van der Waals surface area contributed by atoms with Gasteiger partial charge in [0.25, 0.3) is 0 Å². The van der Waals surface area contributed by atoms with Crippen LogP contribution in [0.2, 0.25) is 0 Å². The van der Waals surface area contributed by atoms with Gasteiger partial charge in [-0.15, -0.1) is 0 Å². The highest BCUT2D eigenvalue weighted by Gasteiger charge is 1.93. The Morgan fingerprint density at radius 3 is 2.67 bits per heavy atom. The molecule has 3 nitrogen and oxygen atoms in total. The first-order valence-electron chi connectivity index (χ1n) is 3.27. The first kappa shape index (κ1) is 10.8. The van der Waals surface area contributed by atoms with Crippen LogP contribution in [0.5, 0.6) is 0 Å². The van der Waals surface area contributed by atoms with E-state index in [-0.39, 0.29) is 6.54 Å². The summed E-state index contributed by atoms with van der Waals surface area (Å²) in [6.07, 6.45) is 3.02. The molecule has 12 heavy (non-hydrogen) atoms. The fourth-order valence-electron chi connectivity index (χ4n) is 0.477. The quantitative estimate of drug-likeness (QED) is 0.627. The van der Waals surface area contributed by atoms with Gasteiger partial charge in [0, 0.05) is 10.7 Å². The van der Waals surface area contributed by atoms with Crippen molar-refractivity contribution in [2.24, 2.45) is 5.73 Å². The maximum absolute atomic E-state index is 10.3. The summed E-state index contributed by atoms with van der Waals surface area (Å²) >= 11 is 5.60. The Labute approximate surface area is 76.6 Å². The largest absolute Gasteiger partial charge is 0.377 e. The highest BCUT2D eigenvalue weighted by molar-refractivity contribution is 6.31. The molecule has 0 unspecified atom stereocenters. The fourth-order valence-corrected chi connectivity index (χ4v) is 0.609. The average molecular weight is 187 g/mol. The molecule has 0 fully saturated rings. The average Bonchev–Trinajstić information content (AvgIpc) is 2.00. The van der Waals surface area contributed by atoms with Crippen molar-refractivity contribution in [3.05, 3.63) is 36.0 Å². The van der Waals surface area contributed by atoms with Crippen LogP contribution in [0.25, 0.3) is 0 Å². The Balaban J connectivity index is 3.89. The number of halogens is 1. The molecule has 4 heteroatoms. The Hall–Kier alpha value is -1.22. The lowest BCUT2D eigenvalue weighted by atomic mass is 10.4. The van der Waals surface area contributed by atoms with Crippen molar-refractivity contribution < 1.29 is 4.79 Å². The summed E-state index contributed by atoms with van der Waals surface area (Å²) in [6, 6.07) is 0. The maximum Gasteiger partial charge on any atom is 0.236 e. The van der Waals surface area contributed by atoms with Crippen LogP contribution >= 0.6 is 11.6 Å². The van der Waals surface area contributed by atoms with E-state index in [0.29, 0.717) is 10.7 Å². The van der Waals surface area contributed by atoms with Gasteiger partial charge in [0.2, 0.25) is 5.91 Å². The molecule has 0 bridgehead atoms. The molecule has 0 heterocycles. The van der Waals surface area contributed by atoms with Crippen molar-refractivity contribution in [1.29, 1.82) is 0 Å². The second-order valence-corrected chi connectivity index (χ2v) is 2.51. The lowest BCUT2D eigenvalue weighted by molar-refractivity contribution is -0.117. The molecule has 0 aliphatic rings. The highest BCUT2D eigenvalue weighted by atomic mass is 35.5. The monoisotopic (exact) mass is 186 g/mol. The second-order valence-electron chi connectivity index (χ2n) is 2.08. The minimum Gasteiger partial charge on any atom is -0.377 e. The summed E-state index contributed by atoms with van der Waals surface area (Å²) in [4.78, 5) is 10.3. The minimum absolute atomic E-state index is 0.0522. The van der Waals surface area contributed by atoms with E-state index in [0.717, 1.165) is 0 Å². The molecule has 0 aliphatic heterocycles. The highest BCUT2D eigenvalue weighted by Crippen LogP contribution is 2.03. The third-order valence-electron chi connectivity index (χ3n) is 0.997. The third-order valence-corrected chi connectivity index (χ3v) is 1.26. The van der Waals surface area contributed by atoms with Gasteiger partial charge in [0.1, 0.15) is 0 Å². The molecule has 0 saturated heterocycles. The van der Waals surface area contributed by atoms with Gasteiger partial charge in [-0.3, -0.25) is 4.79 Å². The number of rotatable bonds is 5. The number of carbonyl (C=O) groups excluding carboxylic acids is 1. The molecule has 0 aromatic heterocycles. The second kappa shape index (κ2) is 5.43. The van der Waals surface area contributed by atoms with Gasteiger partial charge in [-0.1, -0.05) is 30.8 Å². The summed E-state index contributed by atoms with van der Waals surface area (Å²) in [5, 5.41) is 3.13. The number of amides is 1. The lowest BCUT2D eigenvalue weighted by Crippen LogP contribution is -2.27. The van der Waals surface area contributed by atoms with E-state index >= 15 is 0 Å². The molecule has 0 saturated carbocycles. The minimum atomic E-state index is -0.445. The molecule has 0 aromatic carbocycles. The first-order valence-corrected chi connectivity index (χ1v) is 3.64. The first-order chi connectivity index (χ1) is 5.56. The van der Waals surface area contributed by atoms with Gasteiger partial charge in [-0.2, -0.15) is 0 Å². The van der Waals surface area contributed by atoms with E-state index in [2.05, 4.69) is 18.5 Å². The Kier molecular flexibility index (Phi) is 4.88. The number of nitrogens with one attached hydrogen (secondary N) is 1. The molecule has 0 aliphatic carbocycles. The number of hydrogen-bond donors (Lipinski definition) is 2. The van der Waals surface area contributed by atoms with E-state index in [1.807, 2.05) is 0 Å². The van der Waals surface area contributed by atoms with Crippen LogP contribution in [0.3, 0.4) is 0 Å². The molecule has 0 aromatic rings. The predicted molar refractivity (Wildman–Crippen MR) is 50.5 cm³/mol. The predicted octanol–water partition coefficient (Wildman–Crippen LogP) is 0.884. The zero-order chi connectivity index (χ0) is 9.56. The van der Waals surface area contributed by atoms with Crippen molar-refractivity contribution in [3.63, 3.8) is 0 Å². The van der Waals surface area contributed by atoms with Crippen molar-refractivity contribution in [2.75, 3.05) is 6.54 Å². The zero-order valence-electron chi connectivity index (χ0n) is 6.64. The summed E-state index contributed by atoms with van der Waals surface area (Å²) in [7, 11) is 0. The fraction of sp³-hybridized carbons (Fsp3) is 0.125. The maximum atomic E-state index is 10.3. The van der Waals surface area contributed by atoms with Crippen LogP contribution in [-0.4, -0.2) is 12.5 Å². The SMILES string of the molecule is C=C/C(Cl)=C\C(=C)NCC(N)=O. The number of primary amides is 1. The van der Waals surface area contributed by atoms with Gasteiger partial charge in [-0.05, 0) is 6.08 Å². The molecular formula is C8H11ClN2O. The van der Waals surface area contributed by atoms with Crippen LogP contribution in [0, 0.1) is 0 Å². The van der Waals surface area contributed by atoms with Gasteiger partial charge < -0.3 is 11.1 Å². The molecule has 66 valence electrons. The summed E-state index contributed by atoms with van der Waals surface area (Å²) in [5.74, 6) is -0.445. The van der Waals surface area contributed by atoms with Crippen molar-refractivity contribution in [3.8, 4) is 0 Å². The van der Waals surface area contributed by atoms with Crippen molar-refractivity contribution in [2.45, 2.75) is 0 Å². The van der Waals surface area contributed by atoms with Crippen LogP contribution in [0.4, 0.5) is 0 Å². The Morgan fingerprint density at radius 1 is 1.67 bits per heavy atom.